The van der Waals surface area contributed by atoms with Crippen LogP contribution in [0.1, 0.15) is 24.3 Å². The van der Waals surface area contributed by atoms with Crippen LogP contribution < -0.4 is 9.80 Å². The van der Waals surface area contributed by atoms with Crippen LogP contribution in [0.15, 0.2) is 48.7 Å². The molecule has 3 rings (SSSR count). The summed E-state index contributed by atoms with van der Waals surface area (Å²) >= 11 is 0. The van der Waals surface area contributed by atoms with Crippen LogP contribution >= 0.6 is 0 Å². The van der Waals surface area contributed by atoms with Crippen molar-refractivity contribution < 1.29 is 4.79 Å². The molecule has 5 nitrogen and oxygen atoms in total. The van der Waals surface area contributed by atoms with Gasteiger partial charge in [0.25, 0.3) is 5.91 Å². The molecule has 2 heterocycles. The van der Waals surface area contributed by atoms with Crippen molar-refractivity contribution in [3.05, 3.63) is 54.4 Å². The second-order valence-corrected chi connectivity index (χ2v) is 6.19. The molecule has 0 spiro atoms. The topological polar surface area (TPSA) is 39.7 Å². The van der Waals surface area contributed by atoms with E-state index in [1.54, 1.807) is 4.90 Å². The van der Waals surface area contributed by atoms with E-state index in [1.807, 2.05) is 38.2 Å². The largest absolute Gasteiger partial charge is 0.368 e. The highest BCUT2D eigenvalue weighted by molar-refractivity contribution is 5.92. The first-order valence-corrected chi connectivity index (χ1v) is 9.03. The first-order chi connectivity index (χ1) is 12.2. The molecular weight excluding hydrogens is 312 g/mol. The van der Waals surface area contributed by atoms with E-state index in [4.69, 9.17) is 0 Å². The first-order valence-electron chi connectivity index (χ1n) is 9.03. The Morgan fingerprint density at radius 2 is 1.52 bits per heavy atom. The number of benzene rings is 1. The summed E-state index contributed by atoms with van der Waals surface area (Å²) in [7, 11) is 0. The molecule has 1 aromatic heterocycles. The molecule has 5 heteroatoms. The van der Waals surface area contributed by atoms with Crippen molar-refractivity contribution in [3.8, 4) is 0 Å². The van der Waals surface area contributed by atoms with Gasteiger partial charge in [0.2, 0.25) is 0 Å². The maximum Gasteiger partial charge on any atom is 0.272 e. The Kier molecular flexibility index (Phi) is 5.53. The van der Waals surface area contributed by atoms with Gasteiger partial charge >= 0.3 is 0 Å². The van der Waals surface area contributed by atoms with Crippen molar-refractivity contribution in [3.63, 3.8) is 0 Å². The van der Waals surface area contributed by atoms with Gasteiger partial charge in [-0.05, 0) is 38.1 Å². The lowest BCUT2D eigenvalue weighted by Crippen LogP contribution is -2.46. The van der Waals surface area contributed by atoms with E-state index in [0.717, 1.165) is 31.9 Å². The molecule has 0 bridgehead atoms. The van der Waals surface area contributed by atoms with Crippen LogP contribution in [-0.4, -0.2) is 55.1 Å². The van der Waals surface area contributed by atoms with Crippen LogP contribution in [-0.2, 0) is 0 Å². The summed E-state index contributed by atoms with van der Waals surface area (Å²) in [5, 5.41) is 0. The number of pyridine rings is 1. The number of nitrogens with zero attached hydrogens (tertiary/aromatic N) is 4. The Hall–Kier alpha value is -2.56. The molecule has 0 radical (unpaired) electrons. The van der Waals surface area contributed by atoms with Gasteiger partial charge in [-0.15, -0.1) is 0 Å². The van der Waals surface area contributed by atoms with Crippen LogP contribution in [0.2, 0.25) is 0 Å². The highest BCUT2D eigenvalue weighted by Crippen LogP contribution is 2.20. The average Bonchev–Trinajstić information content (AvgIpc) is 2.70. The van der Waals surface area contributed by atoms with Gasteiger partial charge in [0.05, 0.1) is 11.9 Å². The SMILES string of the molecule is CCN(CC)C(=O)c1ccc(N2CCN(c3ccccc3)CC2)cn1. The lowest BCUT2D eigenvalue weighted by Gasteiger charge is -2.37. The third kappa shape index (κ3) is 3.92. The summed E-state index contributed by atoms with van der Waals surface area (Å²) in [5.41, 5.74) is 2.89. The third-order valence-corrected chi connectivity index (χ3v) is 4.78. The first kappa shape index (κ1) is 17.3. The van der Waals surface area contributed by atoms with Crippen LogP contribution in [0.25, 0.3) is 0 Å². The average molecular weight is 338 g/mol. The van der Waals surface area contributed by atoms with E-state index in [9.17, 15) is 4.79 Å². The Bertz CT molecular complexity index is 675. The van der Waals surface area contributed by atoms with Crippen molar-refractivity contribution in [2.75, 3.05) is 49.1 Å². The highest BCUT2D eigenvalue weighted by atomic mass is 16.2. The van der Waals surface area contributed by atoms with Gasteiger partial charge in [0, 0.05) is 45.0 Å². The molecule has 1 aromatic carbocycles. The maximum atomic E-state index is 12.3. The molecule has 0 unspecified atom stereocenters. The van der Waals surface area contributed by atoms with E-state index in [1.165, 1.54) is 5.69 Å². The Morgan fingerprint density at radius 3 is 2.04 bits per heavy atom. The smallest absolute Gasteiger partial charge is 0.272 e. The molecule has 0 aliphatic carbocycles. The summed E-state index contributed by atoms with van der Waals surface area (Å²) in [5.74, 6) is 0.00504. The van der Waals surface area contributed by atoms with Crippen molar-refractivity contribution in [2.45, 2.75) is 13.8 Å². The predicted molar refractivity (Wildman–Crippen MR) is 102 cm³/mol. The number of carbonyl (C=O) groups is 1. The predicted octanol–water partition coefficient (Wildman–Crippen LogP) is 2.89. The molecule has 0 N–H and O–H groups in total. The highest BCUT2D eigenvalue weighted by Gasteiger charge is 2.19. The van der Waals surface area contributed by atoms with Gasteiger partial charge < -0.3 is 14.7 Å². The third-order valence-electron chi connectivity index (χ3n) is 4.78. The van der Waals surface area contributed by atoms with Crippen LogP contribution in [0.4, 0.5) is 11.4 Å². The standard InChI is InChI=1S/C20H26N4O/c1-3-22(4-2)20(25)19-11-10-18(16-21-19)24-14-12-23(13-15-24)17-8-6-5-7-9-17/h5-11,16H,3-4,12-15H2,1-2H3. The fourth-order valence-corrected chi connectivity index (χ4v) is 3.23. The second-order valence-electron chi connectivity index (χ2n) is 6.19. The monoisotopic (exact) mass is 338 g/mol. The van der Waals surface area contributed by atoms with Crippen molar-refractivity contribution in [1.29, 1.82) is 0 Å². The number of hydrogen-bond donors (Lipinski definition) is 0. The number of aromatic nitrogens is 1. The van der Waals surface area contributed by atoms with E-state index < -0.39 is 0 Å². The zero-order valence-corrected chi connectivity index (χ0v) is 15.1. The number of rotatable bonds is 5. The van der Waals surface area contributed by atoms with Gasteiger partial charge in [0.15, 0.2) is 0 Å². The zero-order valence-electron chi connectivity index (χ0n) is 15.1. The molecule has 1 aliphatic heterocycles. The number of piperazine rings is 1. The van der Waals surface area contributed by atoms with Gasteiger partial charge in [-0.1, -0.05) is 18.2 Å². The van der Waals surface area contributed by atoms with E-state index >= 15 is 0 Å². The Balaban J connectivity index is 1.61. The van der Waals surface area contributed by atoms with E-state index in [0.29, 0.717) is 18.8 Å². The van der Waals surface area contributed by atoms with E-state index in [-0.39, 0.29) is 5.91 Å². The molecule has 2 aromatic rings. The number of para-hydroxylation sites is 1. The number of carbonyl (C=O) groups excluding carboxylic acids is 1. The lowest BCUT2D eigenvalue weighted by atomic mass is 10.2. The number of amides is 1. The van der Waals surface area contributed by atoms with Gasteiger partial charge in [0.1, 0.15) is 5.69 Å². The quantitative estimate of drug-likeness (QED) is 0.840. The molecule has 1 aliphatic rings. The minimum Gasteiger partial charge on any atom is -0.368 e. The van der Waals surface area contributed by atoms with Gasteiger partial charge in [-0.3, -0.25) is 4.79 Å². The molecule has 1 saturated heterocycles. The van der Waals surface area contributed by atoms with E-state index in [2.05, 4.69) is 39.0 Å². The zero-order chi connectivity index (χ0) is 17.6. The fourth-order valence-electron chi connectivity index (χ4n) is 3.23. The molecule has 0 atom stereocenters. The number of hydrogen-bond acceptors (Lipinski definition) is 4. The minimum atomic E-state index is 0.00504. The molecule has 25 heavy (non-hydrogen) atoms. The Labute approximate surface area is 149 Å². The summed E-state index contributed by atoms with van der Waals surface area (Å²) in [6.07, 6.45) is 1.83. The van der Waals surface area contributed by atoms with Crippen molar-refractivity contribution in [2.24, 2.45) is 0 Å². The van der Waals surface area contributed by atoms with Crippen molar-refractivity contribution in [1.82, 2.24) is 9.88 Å². The van der Waals surface area contributed by atoms with Crippen LogP contribution in [0.5, 0.6) is 0 Å². The number of anilines is 2. The second kappa shape index (κ2) is 8.01. The normalized spacial score (nSPS) is 14.5. The fraction of sp³-hybridized carbons (Fsp3) is 0.400. The molecule has 132 valence electrons. The minimum absolute atomic E-state index is 0.00504. The molecular formula is C20H26N4O. The maximum absolute atomic E-state index is 12.3. The molecule has 0 saturated carbocycles. The van der Waals surface area contributed by atoms with Gasteiger partial charge in [-0.25, -0.2) is 4.98 Å². The lowest BCUT2D eigenvalue weighted by molar-refractivity contribution is 0.0767. The molecule has 1 fully saturated rings. The summed E-state index contributed by atoms with van der Waals surface area (Å²) in [6, 6.07) is 14.4. The summed E-state index contributed by atoms with van der Waals surface area (Å²) < 4.78 is 0. The van der Waals surface area contributed by atoms with Crippen LogP contribution in [0.3, 0.4) is 0 Å². The van der Waals surface area contributed by atoms with Crippen LogP contribution in [0, 0.1) is 0 Å². The van der Waals surface area contributed by atoms with Gasteiger partial charge in [-0.2, -0.15) is 0 Å². The van der Waals surface area contributed by atoms with Crippen molar-refractivity contribution >= 4 is 17.3 Å². The molecule has 1 amide bonds. The summed E-state index contributed by atoms with van der Waals surface area (Å²) in [6.45, 7) is 9.29. The Morgan fingerprint density at radius 1 is 0.920 bits per heavy atom. The summed E-state index contributed by atoms with van der Waals surface area (Å²) in [4.78, 5) is 23.3.